The second-order valence-electron chi connectivity index (χ2n) is 7.31. The average Bonchev–Trinajstić information content (AvgIpc) is 3.67. The molecule has 2 fully saturated rings. The quantitative estimate of drug-likeness (QED) is 0.392. The van der Waals surface area contributed by atoms with Gasteiger partial charge in [0.2, 0.25) is 0 Å². The summed E-state index contributed by atoms with van der Waals surface area (Å²) < 4.78 is 33.5. The largest absolute Gasteiger partial charge is 0.437 e. The molecule has 0 amide bonds. The van der Waals surface area contributed by atoms with Crippen molar-refractivity contribution in [1.82, 2.24) is 0 Å². The van der Waals surface area contributed by atoms with Gasteiger partial charge in [-0.1, -0.05) is 38.1 Å². The first-order chi connectivity index (χ1) is 14.1. The van der Waals surface area contributed by atoms with Gasteiger partial charge in [-0.05, 0) is 54.7 Å². The van der Waals surface area contributed by atoms with Gasteiger partial charge in [-0.3, -0.25) is 0 Å². The molecule has 2 unspecified atom stereocenters. The lowest BCUT2D eigenvalue weighted by molar-refractivity contribution is -0.173. The van der Waals surface area contributed by atoms with E-state index in [1.54, 1.807) is 0 Å². The van der Waals surface area contributed by atoms with Crippen molar-refractivity contribution in [3.8, 4) is 11.5 Å². The zero-order valence-corrected chi connectivity index (χ0v) is 17.0. The van der Waals surface area contributed by atoms with Crippen molar-refractivity contribution in [2.45, 2.75) is 45.1 Å². The fourth-order valence-corrected chi connectivity index (χ4v) is 2.92. The van der Waals surface area contributed by atoms with Gasteiger partial charge < -0.3 is 28.4 Å². The molecule has 0 aromatic heterocycles. The van der Waals surface area contributed by atoms with Crippen molar-refractivity contribution < 1.29 is 28.4 Å². The molecule has 2 aliphatic rings. The van der Waals surface area contributed by atoms with E-state index in [1.165, 1.54) is 11.1 Å². The van der Waals surface area contributed by atoms with Crippen LogP contribution in [0.1, 0.15) is 37.8 Å². The van der Waals surface area contributed by atoms with Crippen LogP contribution in [0.25, 0.3) is 0 Å². The second-order valence-corrected chi connectivity index (χ2v) is 7.31. The van der Waals surface area contributed by atoms with Gasteiger partial charge in [0, 0.05) is 0 Å². The van der Waals surface area contributed by atoms with E-state index in [4.69, 9.17) is 28.4 Å². The number of hydrogen-bond acceptors (Lipinski definition) is 6. The van der Waals surface area contributed by atoms with Crippen molar-refractivity contribution >= 4 is 0 Å². The molecule has 2 aliphatic heterocycles. The number of hydrogen-bond donors (Lipinski definition) is 0. The van der Waals surface area contributed by atoms with Gasteiger partial charge in [0.15, 0.2) is 0 Å². The molecule has 2 heterocycles. The lowest BCUT2D eigenvalue weighted by atomic mass is 10.0. The molecule has 0 spiro atoms. The van der Waals surface area contributed by atoms with E-state index < -0.39 is 11.9 Å². The summed E-state index contributed by atoms with van der Waals surface area (Å²) in [5.41, 5.74) is 2.39. The lowest BCUT2D eigenvalue weighted by Gasteiger charge is -2.15. The second kappa shape index (κ2) is 8.71. The minimum atomic E-state index is -0.878. The van der Waals surface area contributed by atoms with Gasteiger partial charge in [-0.2, -0.15) is 0 Å². The Labute approximate surface area is 171 Å². The maximum Gasteiger partial charge on any atom is 0.352 e. The van der Waals surface area contributed by atoms with Gasteiger partial charge in [0.05, 0.1) is 13.2 Å². The molecule has 0 saturated carbocycles. The van der Waals surface area contributed by atoms with Crippen LogP contribution >= 0.6 is 0 Å². The maximum absolute atomic E-state index is 5.83. The number of epoxide rings is 2. The van der Waals surface area contributed by atoms with E-state index in [1.807, 2.05) is 24.3 Å². The van der Waals surface area contributed by atoms with E-state index in [9.17, 15) is 0 Å². The predicted octanol–water partition coefficient (Wildman–Crippen LogP) is 4.26. The average molecular weight is 400 g/mol. The Morgan fingerprint density at radius 2 is 1.07 bits per heavy atom. The van der Waals surface area contributed by atoms with Crippen LogP contribution in [0.5, 0.6) is 11.5 Å². The van der Waals surface area contributed by atoms with Crippen LogP contribution in [0, 0.1) is 0 Å². The maximum atomic E-state index is 5.83. The van der Waals surface area contributed by atoms with E-state index >= 15 is 0 Å². The van der Waals surface area contributed by atoms with Crippen LogP contribution in [0.2, 0.25) is 0 Å². The molecule has 6 heteroatoms. The van der Waals surface area contributed by atoms with Crippen molar-refractivity contribution in [3.05, 3.63) is 59.7 Å². The zero-order valence-electron chi connectivity index (χ0n) is 17.0. The van der Waals surface area contributed by atoms with Crippen LogP contribution < -0.4 is 9.47 Å². The fraction of sp³-hybridized carbons (Fsp3) is 0.478. The Kier molecular flexibility index (Phi) is 6.06. The van der Waals surface area contributed by atoms with Crippen LogP contribution in [0.4, 0.5) is 0 Å². The minimum Gasteiger partial charge on any atom is -0.437 e. The number of rotatable bonds is 12. The van der Waals surface area contributed by atoms with E-state index in [-0.39, 0.29) is 0 Å². The fourth-order valence-electron chi connectivity index (χ4n) is 2.92. The molecular formula is C23H28O6. The molecular weight excluding hydrogens is 372 g/mol. The normalized spacial score (nSPS) is 24.9. The molecule has 2 atom stereocenters. The smallest absolute Gasteiger partial charge is 0.352 e. The SMILES string of the molecule is CCCOC1(Oc2ccc(Cc3ccc(OC4(OCCC)CO4)cc3)cc2)CO1. The highest BCUT2D eigenvalue weighted by Gasteiger charge is 2.50. The van der Waals surface area contributed by atoms with Gasteiger partial charge in [-0.15, -0.1) is 0 Å². The van der Waals surface area contributed by atoms with Crippen molar-refractivity contribution in [2.24, 2.45) is 0 Å². The molecule has 0 bridgehead atoms. The van der Waals surface area contributed by atoms with Crippen LogP contribution in [0.3, 0.4) is 0 Å². The summed E-state index contributed by atoms with van der Waals surface area (Å²) in [6, 6.07) is 16.0. The summed E-state index contributed by atoms with van der Waals surface area (Å²) >= 11 is 0. The molecule has 2 saturated heterocycles. The lowest BCUT2D eigenvalue weighted by Crippen LogP contribution is -2.24. The molecule has 0 N–H and O–H groups in total. The van der Waals surface area contributed by atoms with Gasteiger partial charge in [0.1, 0.15) is 24.7 Å². The highest BCUT2D eigenvalue weighted by molar-refractivity contribution is 5.34. The summed E-state index contributed by atoms with van der Waals surface area (Å²) in [7, 11) is 0. The summed E-state index contributed by atoms with van der Waals surface area (Å²) in [4.78, 5) is 0. The molecule has 156 valence electrons. The Morgan fingerprint density at radius 1 is 0.690 bits per heavy atom. The van der Waals surface area contributed by atoms with Crippen LogP contribution in [-0.2, 0) is 25.4 Å². The topological polar surface area (TPSA) is 62.0 Å². The van der Waals surface area contributed by atoms with Gasteiger partial charge in [0.25, 0.3) is 0 Å². The highest BCUT2D eigenvalue weighted by atomic mass is 16.9. The molecule has 6 nitrogen and oxygen atoms in total. The summed E-state index contributed by atoms with van der Waals surface area (Å²) in [6.45, 7) is 6.30. The van der Waals surface area contributed by atoms with E-state index in [2.05, 4.69) is 38.1 Å². The molecule has 0 radical (unpaired) electrons. The zero-order chi connectivity index (χ0) is 20.2. The molecule has 2 aromatic rings. The standard InChI is InChI=1S/C23H28O6/c1-3-13-24-22(16-26-22)28-20-9-5-18(6-10-20)15-19-7-11-21(12-8-19)29-23(17-27-23)25-14-4-2/h5-12H,3-4,13-17H2,1-2H3. The van der Waals surface area contributed by atoms with Crippen LogP contribution in [0.15, 0.2) is 48.5 Å². The third-order valence-electron chi connectivity index (χ3n) is 4.61. The Bertz CT molecular complexity index is 711. The highest BCUT2D eigenvalue weighted by Crippen LogP contribution is 2.33. The monoisotopic (exact) mass is 400 g/mol. The Morgan fingerprint density at radius 3 is 1.38 bits per heavy atom. The molecule has 2 aromatic carbocycles. The molecule has 29 heavy (non-hydrogen) atoms. The third-order valence-corrected chi connectivity index (χ3v) is 4.61. The first kappa shape index (κ1) is 20.2. The van der Waals surface area contributed by atoms with Crippen molar-refractivity contribution in [3.63, 3.8) is 0 Å². The van der Waals surface area contributed by atoms with E-state index in [0.29, 0.717) is 26.4 Å². The predicted molar refractivity (Wildman–Crippen MR) is 107 cm³/mol. The first-order valence-electron chi connectivity index (χ1n) is 10.3. The Hall–Kier alpha value is -2.12. The molecule has 4 rings (SSSR count). The van der Waals surface area contributed by atoms with Crippen LogP contribution in [-0.4, -0.2) is 38.4 Å². The Balaban J connectivity index is 1.29. The minimum absolute atomic E-state index is 0.471. The third kappa shape index (κ3) is 5.48. The summed E-state index contributed by atoms with van der Waals surface area (Å²) in [5.74, 6) is -0.269. The summed E-state index contributed by atoms with van der Waals surface area (Å²) in [5, 5.41) is 0. The number of benzene rings is 2. The summed E-state index contributed by atoms with van der Waals surface area (Å²) in [6.07, 6.45) is 2.68. The number of ether oxygens (including phenoxy) is 6. The molecule has 0 aliphatic carbocycles. The van der Waals surface area contributed by atoms with E-state index in [0.717, 1.165) is 30.8 Å². The van der Waals surface area contributed by atoms with Crippen molar-refractivity contribution in [1.29, 1.82) is 0 Å². The van der Waals surface area contributed by atoms with Gasteiger partial charge >= 0.3 is 11.9 Å². The first-order valence-corrected chi connectivity index (χ1v) is 10.3. The van der Waals surface area contributed by atoms with Crippen molar-refractivity contribution in [2.75, 3.05) is 26.4 Å². The van der Waals surface area contributed by atoms with Gasteiger partial charge in [-0.25, -0.2) is 0 Å².